The van der Waals surface area contributed by atoms with Crippen molar-refractivity contribution in [3.63, 3.8) is 0 Å². The topological polar surface area (TPSA) is 96.0 Å². The molecule has 1 atom stereocenters. The largest absolute Gasteiger partial charge is 0.497 e. The van der Waals surface area contributed by atoms with Gasteiger partial charge in [0.15, 0.2) is 0 Å². The van der Waals surface area contributed by atoms with E-state index in [-0.39, 0.29) is 17.5 Å². The van der Waals surface area contributed by atoms with E-state index in [2.05, 4.69) is 5.32 Å². The molecule has 0 saturated carbocycles. The molecular formula is C25H31ClF3N3O5S. The zero-order valence-electron chi connectivity index (χ0n) is 21.7. The second-order valence-electron chi connectivity index (χ2n) is 9.12. The minimum atomic E-state index is -4.77. The summed E-state index contributed by atoms with van der Waals surface area (Å²) >= 11 is 6.08. The van der Waals surface area contributed by atoms with Gasteiger partial charge in [-0.1, -0.05) is 37.6 Å². The van der Waals surface area contributed by atoms with E-state index in [9.17, 15) is 31.2 Å². The van der Waals surface area contributed by atoms with Crippen LogP contribution in [0.2, 0.25) is 5.02 Å². The van der Waals surface area contributed by atoms with Crippen LogP contribution in [0.4, 0.5) is 18.9 Å². The van der Waals surface area contributed by atoms with Crippen LogP contribution >= 0.6 is 11.6 Å². The lowest BCUT2D eigenvalue weighted by molar-refractivity contribution is -0.139. The molecule has 0 spiro atoms. The van der Waals surface area contributed by atoms with Gasteiger partial charge in [-0.15, -0.1) is 0 Å². The summed E-state index contributed by atoms with van der Waals surface area (Å²) in [6.07, 6.45) is -4.02. The van der Waals surface area contributed by atoms with Gasteiger partial charge in [0, 0.05) is 13.1 Å². The van der Waals surface area contributed by atoms with E-state index in [1.165, 1.54) is 14.0 Å². The monoisotopic (exact) mass is 577 g/mol. The highest BCUT2D eigenvalue weighted by Gasteiger charge is 2.34. The Balaban J connectivity index is 2.49. The first-order valence-corrected chi connectivity index (χ1v) is 13.8. The molecule has 1 N–H and O–H groups in total. The minimum Gasteiger partial charge on any atom is -0.497 e. The quantitative estimate of drug-likeness (QED) is 0.429. The standard InChI is InChI=1S/C25H31ClF3N3O5S/c1-16(2)13-30-24(34)17(3)31(14-18-7-6-8-20(11-18)37-4)23(33)15-32(38(5,35)36)22-12-19(25(27,28)29)9-10-21(22)26/h6-12,16-17H,13-15H2,1-5H3,(H,30,34)/t17-/m1/s1. The fourth-order valence-electron chi connectivity index (χ4n) is 3.48. The van der Waals surface area contributed by atoms with E-state index in [1.54, 1.807) is 24.3 Å². The highest BCUT2D eigenvalue weighted by Crippen LogP contribution is 2.36. The van der Waals surface area contributed by atoms with Gasteiger partial charge < -0.3 is 15.0 Å². The van der Waals surface area contributed by atoms with Crippen LogP contribution in [-0.2, 0) is 32.3 Å². The van der Waals surface area contributed by atoms with E-state index in [0.717, 1.165) is 17.2 Å². The minimum absolute atomic E-state index is 0.0970. The summed E-state index contributed by atoms with van der Waals surface area (Å²) in [5, 5.41) is 2.45. The van der Waals surface area contributed by atoms with Crippen LogP contribution in [0.1, 0.15) is 31.9 Å². The fourth-order valence-corrected chi connectivity index (χ4v) is 4.60. The van der Waals surface area contributed by atoms with Gasteiger partial charge in [-0.3, -0.25) is 13.9 Å². The number of anilines is 1. The van der Waals surface area contributed by atoms with E-state index in [1.807, 2.05) is 13.8 Å². The maximum absolute atomic E-state index is 13.6. The highest BCUT2D eigenvalue weighted by atomic mass is 35.5. The van der Waals surface area contributed by atoms with Gasteiger partial charge in [0.1, 0.15) is 18.3 Å². The number of alkyl halides is 3. The first-order chi connectivity index (χ1) is 17.5. The second kappa shape index (κ2) is 12.7. The van der Waals surface area contributed by atoms with Crippen molar-refractivity contribution < 1.29 is 35.9 Å². The number of hydrogen-bond acceptors (Lipinski definition) is 5. The van der Waals surface area contributed by atoms with Gasteiger partial charge in [0.05, 0.1) is 29.6 Å². The Morgan fingerprint density at radius 2 is 1.76 bits per heavy atom. The molecule has 0 heterocycles. The third-order valence-corrected chi connectivity index (χ3v) is 7.01. The number of amides is 2. The molecule has 8 nitrogen and oxygen atoms in total. The Morgan fingerprint density at radius 1 is 1.11 bits per heavy atom. The average molecular weight is 578 g/mol. The summed E-state index contributed by atoms with van der Waals surface area (Å²) in [5.41, 5.74) is -1.05. The lowest BCUT2D eigenvalue weighted by Gasteiger charge is -2.32. The van der Waals surface area contributed by atoms with Crippen LogP contribution in [0.5, 0.6) is 5.75 Å². The van der Waals surface area contributed by atoms with Crippen LogP contribution < -0.4 is 14.4 Å². The van der Waals surface area contributed by atoms with E-state index < -0.39 is 51.9 Å². The average Bonchev–Trinajstić information content (AvgIpc) is 2.83. The fraction of sp³-hybridized carbons (Fsp3) is 0.440. The van der Waals surface area contributed by atoms with E-state index in [0.29, 0.717) is 34.3 Å². The van der Waals surface area contributed by atoms with Crippen molar-refractivity contribution in [2.75, 3.05) is 30.8 Å². The zero-order chi connectivity index (χ0) is 28.8. The molecule has 0 saturated heterocycles. The van der Waals surface area contributed by atoms with Crippen molar-refractivity contribution in [3.05, 3.63) is 58.6 Å². The summed E-state index contributed by atoms with van der Waals surface area (Å²) in [7, 11) is -2.80. The van der Waals surface area contributed by atoms with Crippen LogP contribution in [0.3, 0.4) is 0 Å². The molecule has 2 aromatic rings. The molecule has 0 aliphatic rings. The molecule has 38 heavy (non-hydrogen) atoms. The Morgan fingerprint density at radius 3 is 2.32 bits per heavy atom. The summed E-state index contributed by atoms with van der Waals surface area (Å²) in [4.78, 5) is 27.6. The number of carbonyl (C=O) groups is 2. The van der Waals surface area contributed by atoms with E-state index >= 15 is 0 Å². The number of rotatable bonds is 11. The summed E-state index contributed by atoms with van der Waals surface area (Å²) in [6.45, 7) is 4.64. The Hall–Kier alpha value is -2.99. The molecule has 0 radical (unpaired) electrons. The number of nitrogens with zero attached hydrogens (tertiary/aromatic N) is 2. The van der Waals surface area contributed by atoms with Crippen molar-refractivity contribution in [2.24, 2.45) is 5.92 Å². The summed E-state index contributed by atoms with van der Waals surface area (Å²) in [6, 6.07) is 7.88. The Kier molecular flexibility index (Phi) is 10.4. The molecule has 0 unspecified atom stereocenters. The molecule has 0 aliphatic carbocycles. The van der Waals surface area contributed by atoms with Gasteiger partial charge >= 0.3 is 6.18 Å². The molecule has 2 amide bonds. The van der Waals surface area contributed by atoms with Crippen molar-refractivity contribution in [2.45, 2.75) is 39.5 Å². The predicted molar refractivity (Wildman–Crippen MR) is 139 cm³/mol. The molecule has 210 valence electrons. The third-order valence-electron chi connectivity index (χ3n) is 5.56. The number of nitrogens with one attached hydrogen (secondary N) is 1. The van der Waals surface area contributed by atoms with Crippen LogP contribution in [0, 0.1) is 5.92 Å². The Bertz CT molecular complexity index is 1260. The summed E-state index contributed by atoms with van der Waals surface area (Å²) < 4.78 is 71.0. The maximum Gasteiger partial charge on any atom is 0.416 e. The second-order valence-corrected chi connectivity index (χ2v) is 11.4. The van der Waals surface area contributed by atoms with Crippen LogP contribution in [-0.4, -0.2) is 57.6 Å². The van der Waals surface area contributed by atoms with Gasteiger partial charge in [-0.25, -0.2) is 8.42 Å². The molecule has 0 fully saturated rings. The van der Waals surface area contributed by atoms with Gasteiger partial charge in [-0.2, -0.15) is 13.2 Å². The van der Waals surface area contributed by atoms with Gasteiger partial charge in [0.2, 0.25) is 21.8 Å². The molecular weight excluding hydrogens is 547 g/mol. The van der Waals surface area contributed by atoms with Crippen molar-refractivity contribution >= 4 is 39.1 Å². The third kappa shape index (κ3) is 8.52. The number of sulfonamides is 1. The normalized spacial score (nSPS) is 12.7. The number of ether oxygens (including phenoxy) is 1. The highest BCUT2D eigenvalue weighted by molar-refractivity contribution is 7.92. The molecule has 0 aromatic heterocycles. The van der Waals surface area contributed by atoms with E-state index in [4.69, 9.17) is 16.3 Å². The number of benzene rings is 2. The van der Waals surface area contributed by atoms with Gasteiger partial charge in [-0.05, 0) is 48.7 Å². The first kappa shape index (κ1) is 31.2. The zero-order valence-corrected chi connectivity index (χ0v) is 23.2. The lowest BCUT2D eigenvalue weighted by Crippen LogP contribution is -2.51. The number of carbonyl (C=O) groups excluding carboxylic acids is 2. The summed E-state index contributed by atoms with van der Waals surface area (Å²) in [5.74, 6) is -0.658. The first-order valence-electron chi connectivity index (χ1n) is 11.6. The van der Waals surface area contributed by atoms with Crippen molar-refractivity contribution in [1.29, 1.82) is 0 Å². The molecule has 13 heteroatoms. The Labute approximate surface area is 225 Å². The lowest BCUT2D eigenvalue weighted by atomic mass is 10.1. The van der Waals surface area contributed by atoms with Gasteiger partial charge in [0.25, 0.3) is 0 Å². The molecule has 0 bridgehead atoms. The van der Waals surface area contributed by atoms with Crippen LogP contribution in [0.25, 0.3) is 0 Å². The maximum atomic E-state index is 13.6. The van der Waals surface area contributed by atoms with Crippen molar-refractivity contribution in [1.82, 2.24) is 10.2 Å². The SMILES string of the molecule is COc1cccc(CN(C(=O)CN(c2cc(C(F)(F)F)ccc2Cl)S(C)(=O)=O)[C@H](C)C(=O)NCC(C)C)c1. The number of halogens is 4. The number of methoxy groups -OCH3 is 1. The van der Waals surface area contributed by atoms with Crippen LogP contribution in [0.15, 0.2) is 42.5 Å². The van der Waals surface area contributed by atoms with Crippen molar-refractivity contribution in [3.8, 4) is 5.75 Å². The predicted octanol–water partition coefficient (Wildman–Crippen LogP) is 4.32. The number of hydrogen-bond donors (Lipinski definition) is 1. The smallest absolute Gasteiger partial charge is 0.416 e. The molecule has 2 aromatic carbocycles. The molecule has 0 aliphatic heterocycles. The molecule has 2 rings (SSSR count).